The van der Waals surface area contributed by atoms with Crippen LogP contribution in [0.3, 0.4) is 0 Å². The molecule has 0 N–H and O–H groups in total. The molecule has 16 rings (SSSR count). The van der Waals surface area contributed by atoms with Crippen LogP contribution >= 0.6 is 0 Å². The molecule has 0 fully saturated rings. The van der Waals surface area contributed by atoms with Gasteiger partial charge >= 0.3 is 0 Å². The minimum absolute atomic E-state index is 0.715. The van der Waals surface area contributed by atoms with Crippen LogP contribution in [0.1, 0.15) is 12.6 Å². The Morgan fingerprint density at radius 3 is 1.29 bits per heavy atom. The maximum absolute atomic E-state index is 5.31. The number of fused-ring (bicyclic) bond motifs is 13. The molecular weight excluding hydrogens is 997 g/mol. The Labute approximate surface area is 473 Å². The van der Waals surface area contributed by atoms with Crippen LogP contribution in [0.15, 0.2) is 285 Å². The molecule has 0 saturated carbocycles. The van der Waals surface area contributed by atoms with Crippen LogP contribution < -0.4 is 0 Å². The predicted molar refractivity (Wildman–Crippen MR) is 343 cm³/mol. The molecule has 0 bridgehead atoms. The maximum Gasteiger partial charge on any atom is 0.0730 e. The molecule has 0 atom stereocenters. The van der Waals surface area contributed by atoms with Crippen molar-refractivity contribution < 1.29 is 0 Å². The molecule has 0 saturated heterocycles. The molecule has 10 aromatic carbocycles. The van der Waals surface area contributed by atoms with Crippen LogP contribution in [0.4, 0.5) is 0 Å². The van der Waals surface area contributed by atoms with Crippen molar-refractivity contribution in [1.82, 2.24) is 28.2 Å². The fraction of sp³-hybridized carbons (Fsp3) is 0.0263. The van der Waals surface area contributed by atoms with Gasteiger partial charge in [0.05, 0.1) is 72.6 Å². The standard InChI is InChI=1S/C76H52N6/c1-2-3-4-14-30-53-43-56(45-65(77-53)50-24-8-5-9-25-50)81-69-38-20-17-35-60(69)64-48-73-63(49-74(64)81)59-34-16-19-37-68(59)80(73)55-32-23-31-54(44-55)79-71-40-22-18-36-62(71)75-72(79)42-41-61-58-33-15-21-39-70(58)82(76(61)75)57-46-66(51-26-10-6-11-27-51)78-67(47-57)52-28-12-7-13-29-52/h2-29,31-49H,30H2,1H3/b3-2-,14-4-. The van der Waals surface area contributed by atoms with Crippen molar-refractivity contribution in [3.63, 3.8) is 0 Å². The molecule has 0 radical (unpaired) electrons. The molecule has 386 valence electrons. The molecule has 16 aromatic rings. The van der Waals surface area contributed by atoms with Gasteiger partial charge < -0.3 is 18.3 Å². The fourth-order valence-corrected chi connectivity index (χ4v) is 12.9. The molecule has 6 heteroatoms. The predicted octanol–water partition coefficient (Wildman–Crippen LogP) is 19.5. The quantitative estimate of drug-likeness (QED) is 0.128. The van der Waals surface area contributed by atoms with E-state index in [-0.39, 0.29) is 0 Å². The summed E-state index contributed by atoms with van der Waals surface area (Å²) in [6.45, 7) is 2.04. The summed E-state index contributed by atoms with van der Waals surface area (Å²) in [6, 6.07) is 94.8. The molecular formula is C76H52N6. The first-order valence-electron chi connectivity index (χ1n) is 28.2. The van der Waals surface area contributed by atoms with Gasteiger partial charge in [-0.1, -0.05) is 200 Å². The smallest absolute Gasteiger partial charge is 0.0730 e. The topological polar surface area (TPSA) is 45.5 Å². The number of pyridine rings is 2. The van der Waals surface area contributed by atoms with Crippen LogP contribution in [0.25, 0.3) is 144 Å². The highest BCUT2D eigenvalue weighted by molar-refractivity contribution is 6.26. The van der Waals surface area contributed by atoms with Crippen molar-refractivity contribution in [2.45, 2.75) is 13.3 Å². The molecule has 0 aliphatic heterocycles. The highest BCUT2D eigenvalue weighted by Crippen LogP contribution is 2.45. The third-order valence-corrected chi connectivity index (χ3v) is 16.4. The van der Waals surface area contributed by atoms with Gasteiger partial charge in [-0.05, 0) is 91.9 Å². The summed E-state index contributed by atoms with van der Waals surface area (Å²) in [5.74, 6) is 0. The second-order valence-electron chi connectivity index (χ2n) is 21.2. The largest absolute Gasteiger partial charge is 0.309 e. The van der Waals surface area contributed by atoms with Gasteiger partial charge in [0.2, 0.25) is 0 Å². The summed E-state index contributed by atoms with van der Waals surface area (Å²) in [6.07, 6.45) is 9.13. The number of para-hydroxylation sites is 4. The first-order valence-corrected chi connectivity index (χ1v) is 28.2. The Bertz CT molecular complexity index is 5190. The van der Waals surface area contributed by atoms with Gasteiger partial charge in [0.1, 0.15) is 0 Å². The molecule has 0 amide bonds. The maximum atomic E-state index is 5.31. The van der Waals surface area contributed by atoms with Crippen molar-refractivity contribution in [2.24, 2.45) is 0 Å². The van der Waals surface area contributed by atoms with Crippen molar-refractivity contribution in [3.05, 3.63) is 291 Å². The summed E-state index contributed by atoms with van der Waals surface area (Å²) in [4.78, 5) is 10.5. The summed E-state index contributed by atoms with van der Waals surface area (Å²) < 4.78 is 9.87. The van der Waals surface area contributed by atoms with E-state index in [1.807, 2.05) is 6.92 Å². The van der Waals surface area contributed by atoms with Crippen LogP contribution in [-0.4, -0.2) is 28.2 Å². The van der Waals surface area contributed by atoms with Gasteiger partial charge in [0.25, 0.3) is 0 Å². The Hall–Kier alpha value is -10.8. The van der Waals surface area contributed by atoms with Gasteiger partial charge in [0.15, 0.2) is 0 Å². The summed E-state index contributed by atoms with van der Waals surface area (Å²) in [7, 11) is 0. The number of rotatable bonds is 10. The van der Waals surface area contributed by atoms with Crippen LogP contribution in [0.2, 0.25) is 0 Å². The molecule has 0 aliphatic rings. The highest BCUT2D eigenvalue weighted by atomic mass is 15.0. The number of aromatic nitrogens is 6. The average molecular weight is 1050 g/mol. The highest BCUT2D eigenvalue weighted by Gasteiger charge is 2.24. The SMILES string of the molecule is C/C=C\C=C/Cc1cc(-n2c3ccccc3c3cc4c(cc32)c2ccccc2n4-c2cccc(-n3c4ccccc4c4c3ccc3c5ccccc5n(-c5cc(-c6ccccc6)nc(-c6ccccc6)c5)c34)c2)cc(-c2ccccc2)n1. The number of hydrogen-bond acceptors (Lipinski definition) is 2. The van der Waals surface area contributed by atoms with Gasteiger partial charge in [-0.15, -0.1) is 0 Å². The second kappa shape index (κ2) is 19.2. The zero-order valence-corrected chi connectivity index (χ0v) is 45.0. The molecule has 82 heavy (non-hydrogen) atoms. The van der Waals surface area contributed by atoms with Crippen LogP contribution in [-0.2, 0) is 6.42 Å². The summed E-state index contributed by atoms with van der Waals surface area (Å²) in [5.41, 5.74) is 20.6. The third-order valence-electron chi connectivity index (χ3n) is 16.4. The lowest BCUT2D eigenvalue weighted by Crippen LogP contribution is -2.00. The lowest BCUT2D eigenvalue weighted by atomic mass is 10.1. The van der Waals surface area contributed by atoms with E-state index >= 15 is 0 Å². The summed E-state index contributed by atoms with van der Waals surface area (Å²) in [5, 5.41) is 9.59. The van der Waals surface area contributed by atoms with Gasteiger partial charge in [0, 0.05) is 83.3 Å². The van der Waals surface area contributed by atoms with E-state index in [1.165, 1.54) is 48.6 Å². The zero-order valence-electron chi connectivity index (χ0n) is 45.0. The van der Waals surface area contributed by atoms with Crippen LogP contribution in [0, 0.1) is 0 Å². The van der Waals surface area contributed by atoms with Gasteiger partial charge in [-0.3, -0.25) is 4.98 Å². The average Bonchev–Trinajstić information content (AvgIpc) is 4.45. The number of benzene rings is 10. The van der Waals surface area contributed by atoms with E-state index < -0.39 is 0 Å². The van der Waals surface area contributed by atoms with Crippen molar-refractivity contribution in [1.29, 1.82) is 0 Å². The minimum Gasteiger partial charge on any atom is -0.309 e. The monoisotopic (exact) mass is 1050 g/mol. The fourth-order valence-electron chi connectivity index (χ4n) is 12.9. The van der Waals surface area contributed by atoms with Gasteiger partial charge in [-0.2, -0.15) is 0 Å². The second-order valence-corrected chi connectivity index (χ2v) is 21.2. The van der Waals surface area contributed by atoms with E-state index in [0.29, 0.717) is 6.42 Å². The van der Waals surface area contributed by atoms with E-state index in [0.717, 1.165) is 101 Å². The first-order chi connectivity index (χ1) is 40.6. The third kappa shape index (κ3) is 7.56. The van der Waals surface area contributed by atoms with E-state index in [9.17, 15) is 0 Å². The van der Waals surface area contributed by atoms with E-state index in [1.54, 1.807) is 0 Å². The molecule has 6 aromatic heterocycles. The lowest BCUT2D eigenvalue weighted by Gasteiger charge is -2.14. The molecule has 0 unspecified atom stereocenters. The van der Waals surface area contributed by atoms with Crippen molar-refractivity contribution in [3.8, 4) is 56.5 Å². The summed E-state index contributed by atoms with van der Waals surface area (Å²) >= 11 is 0. The van der Waals surface area contributed by atoms with Crippen molar-refractivity contribution >= 4 is 87.2 Å². The molecule has 0 aliphatic carbocycles. The number of hydrogen-bond donors (Lipinski definition) is 0. The van der Waals surface area contributed by atoms with Crippen molar-refractivity contribution in [2.75, 3.05) is 0 Å². The van der Waals surface area contributed by atoms with E-state index in [4.69, 9.17) is 9.97 Å². The Morgan fingerprint density at radius 2 is 0.744 bits per heavy atom. The first kappa shape index (κ1) is 47.2. The Morgan fingerprint density at radius 1 is 0.305 bits per heavy atom. The Balaban J connectivity index is 0.908. The van der Waals surface area contributed by atoms with Crippen LogP contribution in [0.5, 0.6) is 0 Å². The minimum atomic E-state index is 0.715. The van der Waals surface area contributed by atoms with E-state index in [2.05, 4.69) is 303 Å². The molecule has 0 spiro atoms. The number of nitrogens with zero attached hydrogens (tertiary/aromatic N) is 6. The number of allylic oxidation sites excluding steroid dienone is 4. The normalized spacial score (nSPS) is 12.2. The zero-order chi connectivity index (χ0) is 54.3. The molecule has 6 nitrogen and oxygen atoms in total. The van der Waals surface area contributed by atoms with Gasteiger partial charge in [-0.25, -0.2) is 4.98 Å². The lowest BCUT2D eigenvalue weighted by molar-refractivity contribution is 1.08. The molecule has 6 heterocycles. The Kier molecular flexibility index (Phi) is 11.1.